The van der Waals surface area contributed by atoms with Crippen LogP contribution >= 0.6 is 23.2 Å². The summed E-state index contributed by atoms with van der Waals surface area (Å²) < 4.78 is 29.1. The van der Waals surface area contributed by atoms with Gasteiger partial charge in [-0.05, 0) is 79.3 Å². The standard InChI is InChI=1S/C26H24Cl2N2O2S/c1-15-6-10-24(16(2)12-15)30-33(31,32)18-8-11-25-21(14-18)19-4-3-5-20(19)26(29-25)17-7-9-22(27)23(28)13-17/h3-4,6-14,19-20,26,29-30H,5H2,1-2H3/t19?,20?,26-/m0/s1. The van der Waals surface area contributed by atoms with Crippen LogP contribution in [0.2, 0.25) is 10.0 Å². The van der Waals surface area contributed by atoms with E-state index in [2.05, 4.69) is 22.2 Å². The van der Waals surface area contributed by atoms with E-state index in [1.165, 1.54) is 0 Å². The minimum atomic E-state index is -3.72. The van der Waals surface area contributed by atoms with Gasteiger partial charge in [-0.25, -0.2) is 8.42 Å². The molecule has 7 heteroatoms. The largest absolute Gasteiger partial charge is 0.378 e. The molecular weight excluding hydrogens is 475 g/mol. The van der Waals surface area contributed by atoms with Gasteiger partial charge in [0.15, 0.2) is 0 Å². The highest BCUT2D eigenvalue weighted by Crippen LogP contribution is 2.50. The van der Waals surface area contributed by atoms with Gasteiger partial charge in [0.25, 0.3) is 10.0 Å². The molecule has 0 radical (unpaired) electrons. The Bertz CT molecular complexity index is 1390. The first-order valence-corrected chi connectivity index (χ1v) is 13.1. The van der Waals surface area contributed by atoms with Crippen molar-refractivity contribution in [3.63, 3.8) is 0 Å². The van der Waals surface area contributed by atoms with Gasteiger partial charge in [0.1, 0.15) is 0 Å². The molecule has 1 heterocycles. The van der Waals surface area contributed by atoms with Gasteiger partial charge in [-0.2, -0.15) is 0 Å². The second kappa shape index (κ2) is 8.39. The Labute approximate surface area is 204 Å². The number of hydrogen-bond donors (Lipinski definition) is 2. The lowest BCUT2D eigenvalue weighted by molar-refractivity contribution is 0.425. The molecule has 170 valence electrons. The van der Waals surface area contributed by atoms with Crippen molar-refractivity contribution in [1.82, 2.24) is 0 Å². The van der Waals surface area contributed by atoms with Gasteiger partial charge in [-0.1, -0.05) is 59.1 Å². The van der Waals surface area contributed by atoms with E-state index < -0.39 is 10.0 Å². The Kier molecular flexibility index (Phi) is 5.68. The summed E-state index contributed by atoms with van der Waals surface area (Å²) in [6, 6.07) is 16.8. The number of allylic oxidation sites excluding steroid dienone is 2. The molecule has 1 aliphatic heterocycles. The lowest BCUT2D eigenvalue weighted by Gasteiger charge is -2.37. The van der Waals surface area contributed by atoms with Gasteiger partial charge in [0.2, 0.25) is 0 Å². The number of rotatable bonds is 4. The molecule has 0 saturated carbocycles. The summed E-state index contributed by atoms with van der Waals surface area (Å²) in [7, 11) is -3.72. The summed E-state index contributed by atoms with van der Waals surface area (Å²) in [6.07, 6.45) is 5.26. The van der Waals surface area contributed by atoms with E-state index >= 15 is 0 Å². The normalized spacial score (nSPS) is 21.3. The van der Waals surface area contributed by atoms with Gasteiger partial charge >= 0.3 is 0 Å². The molecule has 2 N–H and O–H groups in total. The molecule has 3 atom stereocenters. The number of hydrogen-bond acceptors (Lipinski definition) is 3. The lowest BCUT2D eigenvalue weighted by atomic mass is 9.77. The van der Waals surface area contributed by atoms with Crippen molar-refractivity contribution < 1.29 is 8.42 Å². The van der Waals surface area contributed by atoms with Crippen LogP contribution in [0.4, 0.5) is 11.4 Å². The number of nitrogens with one attached hydrogen (secondary N) is 2. The molecular formula is C26H24Cl2N2O2S. The summed E-state index contributed by atoms with van der Waals surface area (Å²) in [6.45, 7) is 3.89. The fourth-order valence-corrected chi connectivity index (χ4v) is 6.38. The SMILES string of the molecule is Cc1ccc(NS(=O)(=O)c2ccc3c(c2)C2C=CCC2[C@H](c2ccc(Cl)c(Cl)c2)N3)c(C)c1. The van der Waals surface area contributed by atoms with Crippen LogP contribution in [-0.4, -0.2) is 8.42 Å². The monoisotopic (exact) mass is 498 g/mol. The maximum absolute atomic E-state index is 13.2. The molecule has 2 aliphatic rings. The summed E-state index contributed by atoms with van der Waals surface area (Å²) in [4.78, 5) is 0.259. The molecule has 5 rings (SSSR count). The number of halogens is 2. The Morgan fingerprint density at radius 1 is 0.970 bits per heavy atom. The van der Waals surface area contributed by atoms with E-state index in [9.17, 15) is 8.42 Å². The van der Waals surface area contributed by atoms with Crippen molar-refractivity contribution in [1.29, 1.82) is 0 Å². The third-order valence-electron chi connectivity index (χ3n) is 6.57. The lowest BCUT2D eigenvalue weighted by Crippen LogP contribution is -2.29. The molecule has 1 aliphatic carbocycles. The fraction of sp³-hybridized carbons (Fsp3) is 0.231. The molecule has 3 aromatic rings. The Hall–Kier alpha value is -2.47. The number of benzene rings is 3. The van der Waals surface area contributed by atoms with E-state index in [1.54, 1.807) is 18.2 Å². The van der Waals surface area contributed by atoms with Crippen LogP contribution < -0.4 is 10.0 Å². The highest BCUT2D eigenvalue weighted by atomic mass is 35.5. The van der Waals surface area contributed by atoms with Crippen LogP contribution in [-0.2, 0) is 10.0 Å². The summed E-state index contributed by atoms with van der Waals surface area (Å²) in [5.41, 5.74) is 5.57. The number of aryl methyl sites for hydroxylation is 2. The van der Waals surface area contributed by atoms with Crippen LogP contribution in [0, 0.1) is 19.8 Å². The molecule has 0 bridgehead atoms. The smallest absolute Gasteiger partial charge is 0.261 e. The van der Waals surface area contributed by atoms with Gasteiger partial charge in [0.05, 0.1) is 26.7 Å². The van der Waals surface area contributed by atoms with Gasteiger partial charge in [0, 0.05) is 11.6 Å². The number of sulfonamides is 1. The Balaban J connectivity index is 1.49. The molecule has 0 amide bonds. The topological polar surface area (TPSA) is 58.2 Å². The second-order valence-electron chi connectivity index (χ2n) is 8.82. The van der Waals surface area contributed by atoms with E-state index in [0.29, 0.717) is 15.7 Å². The molecule has 2 unspecified atom stereocenters. The Morgan fingerprint density at radius 3 is 2.55 bits per heavy atom. The minimum absolute atomic E-state index is 0.0584. The maximum atomic E-state index is 13.2. The minimum Gasteiger partial charge on any atom is -0.378 e. The average Bonchev–Trinajstić information content (AvgIpc) is 3.27. The van der Waals surface area contributed by atoms with E-state index in [1.807, 2.05) is 50.2 Å². The van der Waals surface area contributed by atoms with Crippen molar-refractivity contribution in [3.8, 4) is 0 Å². The molecule has 33 heavy (non-hydrogen) atoms. The van der Waals surface area contributed by atoms with Crippen LogP contribution in [0.5, 0.6) is 0 Å². The van der Waals surface area contributed by atoms with Gasteiger partial charge < -0.3 is 5.32 Å². The maximum Gasteiger partial charge on any atom is 0.261 e. The van der Waals surface area contributed by atoms with E-state index in [4.69, 9.17) is 23.2 Å². The first-order valence-electron chi connectivity index (χ1n) is 10.8. The molecule has 0 aromatic heterocycles. The van der Waals surface area contributed by atoms with Crippen LogP contribution in [0.1, 0.15) is 40.6 Å². The van der Waals surface area contributed by atoms with Crippen LogP contribution in [0.15, 0.2) is 71.6 Å². The van der Waals surface area contributed by atoms with Crippen molar-refractivity contribution >= 4 is 44.6 Å². The zero-order chi connectivity index (χ0) is 23.3. The average molecular weight is 499 g/mol. The Morgan fingerprint density at radius 2 is 1.79 bits per heavy atom. The first kappa shape index (κ1) is 22.3. The summed E-state index contributed by atoms with van der Waals surface area (Å²) >= 11 is 12.4. The van der Waals surface area contributed by atoms with Crippen molar-refractivity contribution in [2.45, 2.75) is 37.1 Å². The summed E-state index contributed by atoms with van der Waals surface area (Å²) in [5, 5.41) is 4.68. The first-order chi connectivity index (χ1) is 15.7. The van der Waals surface area contributed by atoms with Gasteiger partial charge in [-0.3, -0.25) is 4.72 Å². The molecule has 3 aromatic carbocycles. The third-order valence-corrected chi connectivity index (χ3v) is 8.68. The fourth-order valence-electron chi connectivity index (χ4n) is 4.91. The molecule has 0 fully saturated rings. The van der Waals surface area contributed by atoms with Gasteiger partial charge in [-0.15, -0.1) is 0 Å². The zero-order valence-corrected chi connectivity index (χ0v) is 20.6. The number of fused-ring (bicyclic) bond motifs is 3. The number of anilines is 2. The molecule has 4 nitrogen and oxygen atoms in total. The quantitative estimate of drug-likeness (QED) is 0.372. The third kappa shape index (κ3) is 4.14. The second-order valence-corrected chi connectivity index (χ2v) is 11.3. The van der Waals surface area contributed by atoms with E-state index in [0.717, 1.165) is 34.4 Å². The van der Waals surface area contributed by atoms with Crippen molar-refractivity contribution in [2.24, 2.45) is 5.92 Å². The molecule has 0 spiro atoms. The summed E-state index contributed by atoms with van der Waals surface area (Å²) in [5.74, 6) is 0.386. The zero-order valence-electron chi connectivity index (χ0n) is 18.3. The van der Waals surface area contributed by atoms with Crippen molar-refractivity contribution in [3.05, 3.63) is 99.0 Å². The predicted octanol–water partition coefficient (Wildman–Crippen LogP) is 7.24. The predicted molar refractivity (Wildman–Crippen MR) is 136 cm³/mol. The van der Waals surface area contributed by atoms with Crippen LogP contribution in [0.3, 0.4) is 0 Å². The highest BCUT2D eigenvalue weighted by molar-refractivity contribution is 7.92. The molecule has 0 saturated heterocycles. The van der Waals surface area contributed by atoms with E-state index in [-0.39, 0.29) is 22.8 Å². The van der Waals surface area contributed by atoms with Crippen molar-refractivity contribution in [2.75, 3.05) is 10.0 Å². The van der Waals surface area contributed by atoms with Crippen LogP contribution in [0.25, 0.3) is 0 Å². The highest BCUT2D eigenvalue weighted by Gasteiger charge is 2.38.